The third kappa shape index (κ3) is 4.23. The van der Waals surface area contributed by atoms with Crippen LogP contribution in [0.3, 0.4) is 0 Å². The number of hydrogen-bond acceptors (Lipinski definition) is 4. The van der Waals surface area contributed by atoms with Crippen molar-refractivity contribution in [1.29, 1.82) is 0 Å². The summed E-state index contributed by atoms with van der Waals surface area (Å²) in [4.78, 5) is 2.33. The molecule has 1 aliphatic rings. The van der Waals surface area contributed by atoms with Gasteiger partial charge >= 0.3 is 0 Å². The van der Waals surface area contributed by atoms with Gasteiger partial charge in [0, 0.05) is 31.9 Å². The van der Waals surface area contributed by atoms with Crippen LogP contribution in [-0.2, 0) is 13.1 Å². The monoisotopic (exact) mass is 249 g/mol. The molecule has 1 heterocycles. The van der Waals surface area contributed by atoms with E-state index in [2.05, 4.69) is 34.0 Å². The van der Waals surface area contributed by atoms with Gasteiger partial charge in [-0.3, -0.25) is 9.58 Å². The van der Waals surface area contributed by atoms with E-state index in [0.29, 0.717) is 0 Å². The van der Waals surface area contributed by atoms with E-state index < -0.39 is 0 Å². The lowest BCUT2D eigenvalue weighted by atomic mass is 10.4. The molecule has 18 heavy (non-hydrogen) atoms. The molecule has 1 aromatic rings. The first kappa shape index (κ1) is 13.2. The SMILES string of the molecule is C=CCN(CC)CCn1cc(CNC2CC2)nn1. The van der Waals surface area contributed by atoms with Crippen molar-refractivity contribution in [3.63, 3.8) is 0 Å². The zero-order valence-electron chi connectivity index (χ0n) is 11.2. The molecule has 1 N–H and O–H groups in total. The molecule has 0 unspecified atom stereocenters. The second kappa shape index (κ2) is 6.66. The van der Waals surface area contributed by atoms with Crippen molar-refractivity contribution in [3.05, 3.63) is 24.5 Å². The molecule has 1 fully saturated rings. The molecule has 0 aromatic carbocycles. The molecule has 0 spiro atoms. The van der Waals surface area contributed by atoms with Gasteiger partial charge in [0.15, 0.2) is 0 Å². The summed E-state index contributed by atoms with van der Waals surface area (Å²) in [5, 5.41) is 11.8. The van der Waals surface area contributed by atoms with E-state index in [1.54, 1.807) is 0 Å². The van der Waals surface area contributed by atoms with Gasteiger partial charge in [-0.1, -0.05) is 18.2 Å². The summed E-state index contributed by atoms with van der Waals surface area (Å²) in [7, 11) is 0. The highest BCUT2D eigenvalue weighted by atomic mass is 15.4. The summed E-state index contributed by atoms with van der Waals surface area (Å²) in [6.45, 7) is 10.6. The molecule has 0 bridgehead atoms. The predicted molar refractivity (Wildman–Crippen MR) is 72.2 cm³/mol. The van der Waals surface area contributed by atoms with E-state index in [1.165, 1.54) is 12.8 Å². The van der Waals surface area contributed by atoms with E-state index in [-0.39, 0.29) is 0 Å². The van der Waals surface area contributed by atoms with E-state index >= 15 is 0 Å². The normalized spacial score (nSPS) is 15.2. The van der Waals surface area contributed by atoms with Crippen LogP contribution in [0, 0.1) is 0 Å². The summed E-state index contributed by atoms with van der Waals surface area (Å²) >= 11 is 0. The fourth-order valence-electron chi connectivity index (χ4n) is 1.87. The molecule has 2 rings (SSSR count). The van der Waals surface area contributed by atoms with Crippen LogP contribution in [0.4, 0.5) is 0 Å². The fourth-order valence-corrected chi connectivity index (χ4v) is 1.87. The van der Waals surface area contributed by atoms with Gasteiger partial charge in [-0.2, -0.15) is 0 Å². The standard InChI is InChI=1S/C13H23N5/c1-3-7-17(4-2)8-9-18-11-13(15-16-18)10-14-12-5-6-12/h3,11-12,14H,1,4-10H2,2H3. The molecule has 1 saturated carbocycles. The Bertz CT molecular complexity index is 369. The fraction of sp³-hybridized carbons (Fsp3) is 0.692. The van der Waals surface area contributed by atoms with Crippen molar-refractivity contribution in [2.45, 2.75) is 38.9 Å². The van der Waals surface area contributed by atoms with Crippen molar-refractivity contribution in [1.82, 2.24) is 25.2 Å². The summed E-state index contributed by atoms with van der Waals surface area (Å²) in [6, 6.07) is 0.721. The van der Waals surface area contributed by atoms with Gasteiger partial charge in [0.05, 0.1) is 12.2 Å². The Kier molecular flexibility index (Phi) is 4.90. The van der Waals surface area contributed by atoms with E-state index in [1.807, 2.05) is 17.0 Å². The Morgan fingerprint density at radius 1 is 1.61 bits per heavy atom. The summed E-state index contributed by atoms with van der Waals surface area (Å²) in [6.07, 6.45) is 6.59. The first-order chi connectivity index (χ1) is 8.81. The lowest BCUT2D eigenvalue weighted by Crippen LogP contribution is -2.27. The zero-order valence-corrected chi connectivity index (χ0v) is 11.2. The van der Waals surface area contributed by atoms with Crippen LogP contribution in [0.25, 0.3) is 0 Å². The van der Waals surface area contributed by atoms with E-state index in [4.69, 9.17) is 0 Å². The van der Waals surface area contributed by atoms with Crippen molar-refractivity contribution in [3.8, 4) is 0 Å². The van der Waals surface area contributed by atoms with Crippen LogP contribution in [-0.4, -0.2) is 45.6 Å². The highest BCUT2D eigenvalue weighted by Gasteiger charge is 2.20. The summed E-state index contributed by atoms with van der Waals surface area (Å²) in [5.41, 5.74) is 1.04. The average Bonchev–Trinajstić information content (AvgIpc) is 3.11. The number of hydrogen-bond donors (Lipinski definition) is 1. The molecule has 1 aromatic heterocycles. The summed E-state index contributed by atoms with van der Waals surface area (Å²) in [5.74, 6) is 0. The lowest BCUT2D eigenvalue weighted by molar-refractivity contribution is 0.297. The maximum absolute atomic E-state index is 4.18. The molecular weight excluding hydrogens is 226 g/mol. The summed E-state index contributed by atoms with van der Waals surface area (Å²) < 4.78 is 1.93. The van der Waals surface area contributed by atoms with Gasteiger partial charge in [0.1, 0.15) is 0 Å². The molecule has 5 heteroatoms. The van der Waals surface area contributed by atoms with Gasteiger partial charge < -0.3 is 5.32 Å². The van der Waals surface area contributed by atoms with Crippen LogP contribution >= 0.6 is 0 Å². The molecule has 0 radical (unpaired) electrons. The number of likely N-dealkylation sites (N-methyl/N-ethyl adjacent to an activating group) is 1. The number of nitrogens with one attached hydrogen (secondary N) is 1. The van der Waals surface area contributed by atoms with Gasteiger partial charge in [-0.25, -0.2) is 0 Å². The molecule has 0 amide bonds. The smallest absolute Gasteiger partial charge is 0.0964 e. The van der Waals surface area contributed by atoms with Gasteiger partial charge in [0.25, 0.3) is 0 Å². The predicted octanol–water partition coefficient (Wildman–Crippen LogP) is 1.04. The van der Waals surface area contributed by atoms with Crippen LogP contribution in [0.15, 0.2) is 18.9 Å². The quantitative estimate of drug-likeness (QED) is 0.664. The van der Waals surface area contributed by atoms with Crippen LogP contribution in [0.1, 0.15) is 25.5 Å². The molecular formula is C13H23N5. The van der Waals surface area contributed by atoms with Crippen LogP contribution in [0.2, 0.25) is 0 Å². The van der Waals surface area contributed by atoms with E-state index in [0.717, 1.165) is 44.5 Å². The van der Waals surface area contributed by atoms with Crippen molar-refractivity contribution in [2.75, 3.05) is 19.6 Å². The number of rotatable bonds is 9. The second-order valence-corrected chi connectivity index (χ2v) is 4.81. The maximum Gasteiger partial charge on any atom is 0.0964 e. The Morgan fingerprint density at radius 3 is 3.11 bits per heavy atom. The zero-order chi connectivity index (χ0) is 12.8. The number of aromatic nitrogens is 3. The van der Waals surface area contributed by atoms with Crippen molar-refractivity contribution >= 4 is 0 Å². The van der Waals surface area contributed by atoms with Crippen molar-refractivity contribution in [2.24, 2.45) is 0 Å². The average molecular weight is 249 g/mol. The highest BCUT2D eigenvalue weighted by Crippen LogP contribution is 2.18. The number of nitrogens with zero attached hydrogens (tertiary/aromatic N) is 4. The topological polar surface area (TPSA) is 46.0 Å². The minimum atomic E-state index is 0.721. The Morgan fingerprint density at radius 2 is 2.44 bits per heavy atom. The van der Waals surface area contributed by atoms with Crippen molar-refractivity contribution < 1.29 is 0 Å². The maximum atomic E-state index is 4.18. The van der Waals surface area contributed by atoms with Crippen LogP contribution in [0.5, 0.6) is 0 Å². The third-order valence-electron chi connectivity index (χ3n) is 3.22. The first-order valence-corrected chi connectivity index (χ1v) is 6.77. The Hall–Kier alpha value is -1.20. The molecule has 0 aliphatic heterocycles. The van der Waals surface area contributed by atoms with Gasteiger partial charge in [0.2, 0.25) is 0 Å². The molecule has 100 valence electrons. The lowest BCUT2D eigenvalue weighted by Gasteiger charge is -2.17. The molecule has 0 atom stereocenters. The second-order valence-electron chi connectivity index (χ2n) is 4.81. The highest BCUT2D eigenvalue weighted by molar-refractivity contribution is 4.94. The largest absolute Gasteiger partial charge is 0.308 e. The molecule has 1 aliphatic carbocycles. The van der Waals surface area contributed by atoms with E-state index in [9.17, 15) is 0 Å². The van der Waals surface area contributed by atoms with Crippen LogP contribution < -0.4 is 5.32 Å². The third-order valence-corrected chi connectivity index (χ3v) is 3.22. The Labute approximate surface area is 109 Å². The minimum Gasteiger partial charge on any atom is -0.308 e. The minimum absolute atomic E-state index is 0.721. The Balaban J connectivity index is 1.72. The molecule has 5 nitrogen and oxygen atoms in total. The first-order valence-electron chi connectivity index (χ1n) is 6.77. The van der Waals surface area contributed by atoms with Gasteiger partial charge in [-0.15, -0.1) is 11.7 Å². The molecule has 0 saturated heterocycles. The van der Waals surface area contributed by atoms with Gasteiger partial charge in [-0.05, 0) is 19.4 Å².